The van der Waals surface area contributed by atoms with E-state index in [4.69, 9.17) is 0 Å². The Balaban J connectivity index is 3.33. The zero-order valence-electron chi connectivity index (χ0n) is 10.6. The first-order chi connectivity index (χ1) is 8.62. The van der Waals surface area contributed by atoms with E-state index in [1.807, 2.05) is 0 Å². The molecule has 1 atom stereocenters. The standard InChI is InChI=1S/C12H13BrF3NOS/c1-12(2,3)19(18)17-10(11(15)16)8-6-7(13)4-5-9(8)14/h4-6,11H,1-3H3/b17-10-. The predicted molar refractivity (Wildman–Crippen MR) is 74.5 cm³/mol. The van der Waals surface area contributed by atoms with E-state index in [9.17, 15) is 17.4 Å². The number of halogens is 4. The van der Waals surface area contributed by atoms with E-state index in [0.29, 0.717) is 4.47 Å². The third-order valence-electron chi connectivity index (χ3n) is 2.12. The normalized spacial score (nSPS) is 14.8. The van der Waals surface area contributed by atoms with Crippen molar-refractivity contribution in [3.05, 3.63) is 34.1 Å². The van der Waals surface area contributed by atoms with Crippen molar-refractivity contribution < 1.29 is 17.4 Å². The number of rotatable bonds is 3. The summed E-state index contributed by atoms with van der Waals surface area (Å²) in [5.74, 6) is -0.826. The smallest absolute Gasteiger partial charge is 0.234 e. The Morgan fingerprint density at radius 1 is 1.37 bits per heavy atom. The lowest BCUT2D eigenvalue weighted by atomic mass is 10.1. The largest absolute Gasteiger partial charge is 0.281 e. The molecule has 0 aromatic heterocycles. The van der Waals surface area contributed by atoms with E-state index in [2.05, 4.69) is 20.3 Å². The van der Waals surface area contributed by atoms with E-state index in [-0.39, 0.29) is 5.56 Å². The molecule has 0 spiro atoms. The Labute approximate surface area is 120 Å². The summed E-state index contributed by atoms with van der Waals surface area (Å²) in [6, 6.07) is 3.64. The summed E-state index contributed by atoms with van der Waals surface area (Å²) in [5, 5.41) is 0. The lowest BCUT2D eigenvalue weighted by Gasteiger charge is -2.15. The summed E-state index contributed by atoms with van der Waals surface area (Å²) in [6.07, 6.45) is -3.00. The average Bonchev–Trinajstić information content (AvgIpc) is 2.27. The Morgan fingerprint density at radius 3 is 2.42 bits per heavy atom. The van der Waals surface area contributed by atoms with E-state index in [0.717, 1.165) is 6.07 Å². The molecule has 1 aromatic carbocycles. The van der Waals surface area contributed by atoms with Crippen LogP contribution < -0.4 is 0 Å². The summed E-state index contributed by atoms with van der Waals surface area (Å²) in [5.41, 5.74) is -1.14. The van der Waals surface area contributed by atoms with Crippen LogP contribution in [0, 0.1) is 5.82 Å². The van der Waals surface area contributed by atoms with Crippen LogP contribution in [0.4, 0.5) is 13.2 Å². The zero-order valence-corrected chi connectivity index (χ0v) is 13.0. The Morgan fingerprint density at radius 2 is 1.95 bits per heavy atom. The lowest BCUT2D eigenvalue weighted by Crippen LogP contribution is -2.23. The van der Waals surface area contributed by atoms with Gasteiger partial charge in [0.25, 0.3) is 6.43 Å². The second-order valence-corrected chi connectivity index (χ2v) is 7.58. The predicted octanol–water partition coefficient (Wildman–Crippen LogP) is 4.10. The third-order valence-corrected chi connectivity index (χ3v) is 4.02. The van der Waals surface area contributed by atoms with Gasteiger partial charge in [-0.15, -0.1) is 0 Å². The van der Waals surface area contributed by atoms with Crippen molar-refractivity contribution in [1.29, 1.82) is 0 Å². The molecule has 106 valence electrons. The first-order valence-electron chi connectivity index (χ1n) is 5.37. The van der Waals surface area contributed by atoms with Gasteiger partial charge < -0.3 is 0 Å². The molecule has 0 heterocycles. The molecule has 7 heteroatoms. The molecule has 1 unspecified atom stereocenters. The van der Waals surface area contributed by atoms with E-state index in [1.165, 1.54) is 12.1 Å². The van der Waals surface area contributed by atoms with Crippen molar-refractivity contribution in [3.63, 3.8) is 0 Å². The molecular weight excluding hydrogens is 343 g/mol. The van der Waals surface area contributed by atoms with Crippen LogP contribution in [0.3, 0.4) is 0 Å². The van der Waals surface area contributed by atoms with Gasteiger partial charge in [0.2, 0.25) is 0 Å². The monoisotopic (exact) mass is 355 g/mol. The van der Waals surface area contributed by atoms with Gasteiger partial charge in [0, 0.05) is 10.0 Å². The second-order valence-electron chi connectivity index (χ2n) is 4.76. The fourth-order valence-corrected chi connectivity index (χ4v) is 2.12. The third kappa shape index (κ3) is 4.42. The van der Waals surface area contributed by atoms with Crippen LogP contribution in [0.25, 0.3) is 0 Å². The molecule has 0 N–H and O–H groups in total. The van der Waals surface area contributed by atoms with Gasteiger partial charge in [-0.25, -0.2) is 17.4 Å². The van der Waals surface area contributed by atoms with Crippen LogP contribution in [0.2, 0.25) is 0 Å². The molecule has 0 radical (unpaired) electrons. The molecule has 0 saturated heterocycles. The minimum absolute atomic E-state index is 0.345. The van der Waals surface area contributed by atoms with Crippen molar-refractivity contribution in [2.45, 2.75) is 31.9 Å². The van der Waals surface area contributed by atoms with Gasteiger partial charge in [0.05, 0.1) is 4.75 Å². The minimum atomic E-state index is -3.00. The molecule has 1 aromatic rings. The van der Waals surface area contributed by atoms with Crippen LogP contribution in [-0.4, -0.2) is 21.1 Å². The SMILES string of the molecule is CC(C)(C)S(=O)/N=C(/c1cc(Br)ccc1F)C(F)F. The maximum absolute atomic E-state index is 13.6. The van der Waals surface area contributed by atoms with Gasteiger partial charge >= 0.3 is 0 Å². The van der Waals surface area contributed by atoms with Gasteiger partial charge in [-0.1, -0.05) is 15.9 Å². The molecule has 1 rings (SSSR count). The van der Waals surface area contributed by atoms with Gasteiger partial charge in [0.1, 0.15) is 22.5 Å². The van der Waals surface area contributed by atoms with Crippen LogP contribution in [-0.2, 0) is 11.0 Å². The summed E-state index contributed by atoms with van der Waals surface area (Å²) in [6.45, 7) is 4.81. The molecule has 0 aliphatic rings. The van der Waals surface area contributed by atoms with Gasteiger partial charge in [-0.05, 0) is 39.0 Å². The van der Waals surface area contributed by atoms with Crippen molar-refractivity contribution in [2.75, 3.05) is 0 Å². The highest BCUT2D eigenvalue weighted by Gasteiger charge is 2.25. The highest BCUT2D eigenvalue weighted by Crippen LogP contribution is 2.21. The fraction of sp³-hybridized carbons (Fsp3) is 0.417. The summed E-state index contributed by atoms with van der Waals surface area (Å²) >= 11 is 3.08. The molecule has 19 heavy (non-hydrogen) atoms. The van der Waals surface area contributed by atoms with Crippen LogP contribution >= 0.6 is 15.9 Å². The second kappa shape index (κ2) is 6.17. The molecular formula is C12H13BrF3NOS. The first-order valence-corrected chi connectivity index (χ1v) is 7.27. The first kappa shape index (κ1) is 16.4. The number of alkyl halides is 2. The van der Waals surface area contributed by atoms with Gasteiger partial charge in [-0.2, -0.15) is 4.40 Å². The minimum Gasteiger partial charge on any atom is -0.234 e. The number of hydrogen-bond donors (Lipinski definition) is 0. The molecule has 0 saturated carbocycles. The Hall–Kier alpha value is -0.690. The van der Waals surface area contributed by atoms with Gasteiger partial charge in [0.15, 0.2) is 0 Å². The molecule has 0 aliphatic heterocycles. The Bertz CT molecular complexity index is 526. The molecule has 2 nitrogen and oxygen atoms in total. The molecule has 0 amide bonds. The fourth-order valence-electron chi connectivity index (χ4n) is 1.13. The quantitative estimate of drug-likeness (QED) is 0.750. The van der Waals surface area contributed by atoms with Crippen LogP contribution in [0.5, 0.6) is 0 Å². The van der Waals surface area contributed by atoms with Crippen LogP contribution in [0.15, 0.2) is 27.1 Å². The molecule has 0 bridgehead atoms. The van der Waals surface area contributed by atoms with E-state index < -0.39 is 33.7 Å². The Kier molecular flexibility index (Phi) is 5.32. The van der Waals surface area contributed by atoms with Crippen molar-refractivity contribution >= 4 is 32.6 Å². The van der Waals surface area contributed by atoms with E-state index in [1.54, 1.807) is 20.8 Å². The van der Waals surface area contributed by atoms with Crippen molar-refractivity contribution in [1.82, 2.24) is 0 Å². The lowest BCUT2D eigenvalue weighted by molar-refractivity contribution is 0.226. The topological polar surface area (TPSA) is 29.4 Å². The maximum atomic E-state index is 13.6. The summed E-state index contributed by atoms with van der Waals surface area (Å²) in [4.78, 5) is 0. The van der Waals surface area contributed by atoms with Crippen LogP contribution in [0.1, 0.15) is 26.3 Å². The highest BCUT2D eigenvalue weighted by atomic mass is 79.9. The summed E-state index contributed by atoms with van der Waals surface area (Å²) in [7, 11) is -1.88. The van der Waals surface area contributed by atoms with E-state index >= 15 is 0 Å². The average molecular weight is 356 g/mol. The molecule has 0 aliphatic carbocycles. The number of nitrogens with zero attached hydrogens (tertiary/aromatic N) is 1. The summed E-state index contributed by atoms with van der Waals surface area (Å²) < 4.78 is 54.5. The zero-order chi connectivity index (χ0) is 14.8. The van der Waals surface area contributed by atoms with Crippen molar-refractivity contribution in [3.8, 4) is 0 Å². The molecule has 0 fully saturated rings. The maximum Gasteiger partial charge on any atom is 0.281 e. The highest BCUT2D eigenvalue weighted by molar-refractivity contribution is 9.10. The van der Waals surface area contributed by atoms with Gasteiger partial charge in [-0.3, -0.25) is 0 Å². The number of benzene rings is 1. The van der Waals surface area contributed by atoms with Crippen molar-refractivity contribution in [2.24, 2.45) is 4.40 Å². The number of hydrogen-bond acceptors (Lipinski definition) is 1.